The molecule has 0 spiro atoms. The van der Waals surface area contributed by atoms with Gasteiger partial charge in [0.15, 0.2) is 0 Å². The molecule has 0 radical (unpaired) electrons. The fourth-order valence-corrected chi connectivity index (χ4v) is 2.85. The lowest BCUT2D eigenvalue weighted by molar-refractivity contribution is -0.131. The van der Waals surface area contributed by atoms with E-state index in [1.54, 1.807) is 12.1 Å². The van der Waals surface area contributed by atoms with Gasteiger partial charge in [0, 0.05) is 31.5 Å². The Hall–Kier alpha value is -1.26. The van der Waals surface area contributed by atoms with Crippen LogP contribution >= 0.6 is 23.2 Å². The predicted molar refractivity (Wildman–Crippen MR) is 89.7 cm³/mol. The van der Waals surface area contributed by atoms with Gasteiger partial charge in [-0.3, -0.25) is 4.79 Å². The van der Waals surface area contributed by atoms with Gasteiger partial charge >= 0.3 is 0 Å². The van der Waals surface area contributed by atoms with Crippen LogP contribution in [-0.4, -0.2) is 36.7 Å². The van der Waals surface area contributed by atoms with E-state index in [4.69, 9.17) is 28.0 Å². The van der Waals surface area contributed by atoms with Crippen molar-refractivity contribution in [1.82, 2.24) is 4.90 Å². The summed E-state index contributed by atoms with van der Waals surface area (Å²) in [6.07, 6.45) is 4.34. The molecular formula is C16H20Cl2N2O2. The molecule has 4 nitrogen and oxygen atoms in total. The van der Waals surface area contributed by atoms with Gasteiger partial charge in [-0.15, -0.1) is 0 Å². The van der Waals surface area contributed by atoms with Crippen molar-refractivity contribution in [2.24, 2.45) is 5.16 Å². The van der Waals surface area contributed by atoms with Crippen LogP contribution in [0.25, 0.3) is 0 Å². The van der Waals surface area contributed by atoms with Crippen molar-refractivity contribution in [2.45, 2.75) is 32.1 Å². The Balaban J connectivity index is 2.01. The summed E-state index contributed by atoms with van der Waals surface area (Å²) in [5, 5.41) is 4.98. The number of nitrogens with zero attached hydrogens (tertiary/aromatic N) is 2. The Morgan fingerprint density at radius 3 is 2.55 bits per heavy atom. The number of piperidine rings is 1. The Labute approximate surface area is 141 Å². The highest BCUT2D eigenvalue weighted by Gasteiger charge is 2.17. The monoisotopic (exact) mass is 342 g/mol. The third kappa shape index (κ3) is 4.62. The first-order chi connectivity index (χ1) is 10.6. The Morgan fingerprint density at radius 2 is 1.91 bits per heavy atom. The summed E-state index contributed by atoms with van der Waals surface area (Å²) in [6.45, 7) is 1.73. The normalized spacial score (nSPS) is 15.8. The molecule has 0 aromatic heterocycles. The Kier molecular flexibility index (Phi) is 6.52. The second kappa shape index (κ2) is 8.39. The van der Waals surface area contributed by atoms with Crippen molar-refractivity contribution < 1.29 is 9.63 Å². The lowest BCUT2D eigenvalue weighted by Crippen LogP contribution is -2.35. The van der Waals surface area contributed by atoms with Crippen LogP contribution < -0.4 is 0 Å². The summed E-state index contributed by atoms with van der Waals surface area (Å²) in [6, 6.07) is 5.29. The topological polar surface area (TPSA) is 41.9 Å². The summed E-state index contributed by atoms with van der Waals surface area (Å²) in [7, 11) is 1.49. The summed E-state index contributed by atoms with van der Waals surface area (Å²) in [5.74, 6) is 0.170. The molecule has 120 valence electrons. The minimum atomic E-state index is 0.170. The zero-order valence-corrected chi connectivity index (χ0v) is 14.2. The lowest BCUT2D eigenvalue weighted by atomic mass is 10.0. The van der Waals surface area contributed by atoms with Crippen LogP contribution in [0.5, 0.6) is 0 Å². The first kappa shape index (κ1) is 17.1. The van der Waals surface area contributed by atoms with E-state index >= 15 is 0 Å². The van der Waals surface area contributed by atoms with E-state index in [0.717, 1.165) is 31.5 Å². The van der Waals surface area contributed by atoms with Gasteiger partial charge in [0.05, 0.1) is 15.8 Å². The standard InChI is InChI=1S/C16H20Cl2N2O2/c1-22-19-15(12-5-6-13(17)14(18)11-12)7-8-16(21)20-9-3-2-4-10-20/h5-6,11H,2-4,7-10H2,1H3/b19-15+. The summed E-state index contributed by atoms with van der Waals surface area (Å²) >= 11 is 12.0. The van der Waals surface area contributed by atoms with E-state index in [2.05, 4.69) is 5.16 Å². The van der Waals surface area contributed by atoms with Crippen LogP contribution in [0.3, 0.4) is 0 Å². The van der Waals surface area contributed by atoms with Gasteiger partial charge < -0.3 is 9.74 Å². The third-order valence-electron chi connectivity index (χ3n) is 3.74. The van der Waals surface area contributed by atoms with E-state index in [-0.39, 0.29) is 5.91 Å². The molecular weight excluding hydrogens is 323 g/mol. The number of hydrogen-bond donors (Lipinski definition) is 0. The summed E-state index contributed by atoms with van der Waals surface area (Å²) in [5.41, 5.74) is 1.52. The molecule has 0 aliphatic carbocycles. The highest BCUT2D eigenvalue weighted by atomic mass is 35.5. The van der Waals surface area contributed by atoms with Crippen LogP contribution in [0.4, 0.5) is 0 Å². The molecule has 0 unspecified atom stereocenters. The van der Waals surface area contributed by atoms with Gasteiger partial charge in [-0.25, -0.2) is 0 Å². The van der Waals surface area contributed by atoms with Crippen molar-refractivity contribution in [3.63, 3.8) is 0 Å². The molecule has 1 amide bonds. The molecule has 6 heteroatoms. The molecule has 0 N–H and O–H groups in total. The smallest absolute Gasteiger partial charge is 0.222 e. The van der Waals surface area contributed by atoms with Gasteiger partial charge in [0.2, 0.25) is 5.91 Å². The molecule has 2 rings (SSSR count). The number of carbonyl (C=O) groups is 1. The SMILES string of the molecule is CO/N=C(\CCC(=O)N1CCCCC1)c1ccc(Cl)c(Cl)c1. The van der Waals surface area contributed by atoms with Gasteiger partial charge in [0.25, 0.3) is 0 Å². The molecule has 0 bridgehead atoms. The molecule has 1 fully saturated rings. The van der Waals surface area contributed by atoms with E-state index in [1.165, 1.54) is 13.5 Å². The van der Waals surface area contributed by atoms with Crippen LogP contribution in [-0.2, 0) is 9.63 Å². The Bertz CT molecular complexity index is 555. The fraction of sp³-hybridized carbons (Fsp3) is 0.500. The second-order valence-electron chi connectivity index (χ2n) is 5.29. The van der Waals surface area contributed by atoms with Crippen molar-refractivity contribution in [3.05, 3.63) is 33.8 Å². The molecule has 1 aliphatic rings. The maximum atomic E-state index is 12.2. The van der Waals surface area contributed by atoms with Crippen molar-refractivity contribution in [2.75, 3.05) is 20.2 Å². The molecule has 1 heterocycles. The van der Waals surface area contributed by atoms with E-state index in [0.29, 0.717) is 28.6 Å². The zero-order valence-electron chi connectivity index (χ0n) is 12.6. The minimum Gasteiger partial charge on any atom is -0.399 e. The molecule has 0 saturated carbocycles. The number of likely N-dealkylation sites (tertiary alicyclic amines) is 1. The number of oxime groups is 1. The minimum absolute atomic E-state index is 0.170. The first-order valence-corrected chi connectivity index (χ1v) is 8.20. The molecule has 1 aromatic rings. The largest absolute Gasteiger partial charge is 0.399 e. The highest BCUT2D eigenvalue weighted by Crippen LogP contribution is 2.24. The maximum Gasteiger partial charge on any atom is 0.222 e. The average Bonchev–Trinajstić information content (AvgIpc) is 2.54. The number of benzene rings is 1. The number of halogens is 2. The number of carbonyl (C=O) groups excluding carboxylic acids is 1. The second-order valence-corrected chi connectivity index (χ2v) is 6.11. The quantitative estimate of drug-likeness (QED) is 0.596. The van der Waals surface area contributed by atoms with Crippen LogP contribution in [0.2, 0.25) is 10.0 Å². The van der Waals surface area contributed by atoms with Crippen LogP contribution in [0.15, 0.2) is 23.4 Å². The van der Waals surface area contributed by atoms with Crippen molar-refractivity contribution >= 4 is 34.8 Å². The molecule has 1 aliphatic heterocycles. The first-order valence-electron chi connectivity index (χ1n) is 7.45. The van der Waals surface area contributed by atoms with E-state index in [1.807, 2.05) is 11.0 Å². The molecule has 0 atom stereocenters. The van der Waals surface area contributed by atoms with Gasteiger partial charge in [0.1, 0.15) is 7.11 Å². The molecule has 1 saturated heterocycles. The molecule has 22 heavy (non-hydrogen) atoms. The number of amides is 1. The van der Waals surface area contributed by atoms with Crippen molar-refractivity contribution in [1.29, 1.82) is 0 Å². The number of rotatable bonds is 5. The highest BCUT2D eigenvalue weighted by molar-refractivity contribution is 6.42. The van der Waals surface area contributed by atoms with Gasteiger partial charge in [-0.2, -0.15) is 0 Å². The van der Waals surface area contributed by atoms with Crippen LogP contribution in [0.1, 0.15) is 37.7 Å². The van der Waals surface area contributed by atoms with Crippen LogP contribution in [0, 0.1) is 0 Å². The van der Waals surface area contributed by atoms with Gasteiger partial charge in [-0.1, -0.05) is 34.4 Å². The summed E-state index contributed by atoms with van der Waals surface area (Å²) < 4.78 is 0. The van der Waals surface area contributed by atoms with Crippen molar-refractivity contribution in [3.8, 4) is 0 Å². The molecule has 1 aromatic carbocycles. The van der Waals surface area contributed by atoms with E-state index < -0.39 is 0 Å². The van der Waals surface area contributed by atoms with Gasteiger partial charge in [-0.05, 0) is 31.4 Å². The Morgan fingerprint density at radius 1 is 1.18 bits per heavy atom. The average molecular weight is 343 g/mol. The van der Waals surface area contributed by atoms with E-state index in [9.17, 15) is 4.79 Å². The lowest BCUT2D eigenvalue weighted by Gasteiger charge is -2.26. The number of hydrogen-bond acceptors (Lipinski definition) is 3. The fourth-order valence-electron chi connectivity index (χ4n) is 2.56. The maximum absolute atomic E-state index is 12.2. The summed E-state index contributed by atoms with van der Waals surface area (Å²) in [4.78, 5) is 19.1. The predicted octanol–water partition coefficient (Wildman–Crippen LogP) is 4.14. The zero-order chi connectivity index (χ0) is 15.9. The third-order valence-corrected chi connectivity index (χ3v) is 4.48.